The molecule has 0 unspecified atom stereocenters. The van der Waals surface area contributed by atoms with E-state index in [-0.39, 0.29) is 71.5 Å². The second-order valence-corrected chi connectivity index (χ2v) is 19.6. The van der Waals surface area contributed by atoms with Crippen LogP contribution in [-0.4, -0.2) is 85.5 Å². The van der Waals surface area contributed by atoms with Gasteiger partial charge in [-0.05, 0) is 121 Å². The molecule has 13 nitrogen and oxygen atoms in total. The maximum atomic E-state index is 13.7. The van der Waals surface area contributed by atoms with Gasteiger partial charge in [-0.2, -0.15) is 0 Å². The Balaban J connectivity index is 1.01. The quantitative estimate of drug-likeness (QED) is 0.126. The average molecular weight is 912 g/mol. The summed E-state index contributed by atoms with van der Waals surface area (Å²) >= 11 is 2.42. The summed E-state index contributed by atoms with van der Waals surface area (Å²) in [4.78, 5) is 92.5. The minimum absolute atomic E-state index is 0.0893. The van der Waals surface area contributed by atoms with Crippen LogP contribution in [0.15, 0.2) is 83.6 Å². The van der Waals surface area contributed by atoms with E-state index in [2.05, 4.69) is 15.3 Å². The lowest BCUT2D eigenvalue weighted by Crippen LogP contribution is -2.40. The maximum absolute atomic E-state index is 13.7. The van der Waals surface area contributed by atoms with Crippen LogP contribution >= 0.6 is 22.7 Å². The average Bonchev–Trinajstić information content (AvgIpc) is 4.06. The van der Waals surface area contributed by atoms with Crippen LogP contribution in [0.4, 0.5) is 18.4 Å². The van der Waals surface area contributed by atoms with Crippen LogP contribution in [0.2, 0.25) is 0 Å². The molecule has 2 fully saturated rings. The predicted molar refractivity (Wildman–Crippen MR) is 235 cm³/mol. The number of Topliss-reactive ketones (excluding diaryl/α,β-unsaturated/α-hetero) is 1. The number of ether oxygens (including phenoxy) is 2. The van der Waals surface area contributed by atoms with Crippen molar-refractivity contribution in [1.82, 2.24) is 25.1 Å². The van der Waals surface area contributed by atoms with Crippen molar-refractivity contribution in [2.45, 2.75) is 90.1 Å². The van der Waals surface area contributed by atoms with Gasteiger partial charge in [-0.15, -0.1) is 22.7 Å². The molecule has 64 heavy (non-hydrogen) atoms. The van der Waals surface area contributed by atoms with E-state index in [0.717, 1.165) is 0 Å². The highest BCUT2D eigenvalue weighted by molar-refractivity contribution is 7.10. The van der Waals surface area contributed by atoms with Crippen LogP contribution in [0, 0.1) is 17.6 Å². The molecule has 0 bridgehead atoms. The van der Waals surface area contributed by atoms with Crippen molar-refractivity contribution in [3.8, 4) is 0 Å². The Morgan fingerprint density at radius 2 is 1.05 bits per heavy atom. The highest BCUT2D eigenvalue weighted by Gasteiger charge is 2.42. The van der Waals surface area contributed by atoms with Gasteiger partial charge in [0.1, 0.15) is 44.2 Å². The molecule has 2 aliphatic rings. The third-order valence-electron chi connectivity index (χ3n) is 10.5. The Morgan fingerprint density at radius 3 is 1.52 bits per heavy atom. The van der Waals surface area contributed by atoms with Crippen molar-refractivity contribution >= 4 is 58.1 Å². The maximum Gasteiger partial charge on any atom is 0.410 e. The summed E-state index contributed by atoms with van der Waals surface area (Å²) in [5.74, 6) is -2.60. The third-order valence-corrected chi connectivity index (χ3v) is 12.4. The van der Waals surface area contributed by atoms with Gasteiger partial charge in [0.2, 0.25) is 11.6 Å². The summed E-state index contributed by atoms with van der Waals surface area (Å²) in [7, 11) is 0. The van der Waals surface area contributed by atoms with Gasteiger partial charge in [0.15, 0.2) is 5.78 Å². The first-order valence-corrected chi connectivity index (χ1v) is 22.4. The first-order valence-electron chi connectivity index (χ1n) is 20.7. The number of ketones is 3. The first-order chi connectivity index (χ1) is 30.2. The number of amides is 3. The zero-order valence-corrected chi connectivity index (χ0v) is 37.7. The van der Waals surface area contributed by atoms with Gasteiger partial charge in [0.25, 0.3) is 5.91 Å². The number of hydrogen-bond acceptors (Lipinski definition) is 12. The van der Waals surface area contributed by atoms with Crippen LogP contribution in [0.25, 0.3) is 0 Å². The number of rotatable bonds is 11. The normalized spacial score (nSPS) is 18.8. The van der Waals surface area contributed by atoms with Crippen LogP contribution in [0.5, 0.6) is 0 Å². The molecule has 2 saturated heterocycles. The second-order valence-electron chi connectivity index (χ2n) is 17.8. The zero-order chi connectivity index (χ0) is 46.1. The zero-order valence-electron chi connectivity index (χ0n) is 36.1. The monoisotopic (exact) mass is 911 g/mol. The molecule has 3 aromatic carbocycles. The Labute approximate surface area is 376 Å². The Bertz CT molecular complexity index is 2390. The van der Waals surface area contributed by atoms with E-state index in [1.54, 1.807) is 81.5 Å². The fraction of sp³-hybridized carbons (Fsp3) is 0.362. The number of nitrogens with one attached hydrogen (secondary N) is 1. The molecule has 3 amide bonds. The van der Waals surface area contributed by atoms with E-state index in [0.29, 0.717) is 22.0 Å². The van der Waals surface area contributed by atoms with Gasteiger partial charge in [0, 0.05) is 58.6 Å². The number of thiazole rings is 2. The number of carbonyl (C=O) groups excluding carboxylic acids is 6. The smallest absolute Gasteiger partial charge is 0.410 e. The molecule has 17 heteroatoms. The fourth-order valence-electron chi connectivity index (χ4n) is 7.57. The van der Waals surface area contributed by atoms with Gasteiger partial charge in [-0.25, -0.2) is 28.3 Å². The molecule has 0 saturated carbocycles. The van der Waals surface area contributed by atoms with Crippen molar-refractivity contribution < 1.29 is 47.0 Å². The van der Waals surface area contributed by atoms with Gasteiger partial charge < -0.3 is 14.8 Å². The van der Waals surface area contributed by atoms with Gasteiger partial charge in [0.05, 0.1) is 12.1 Å². The number of halogens is 2. The van der Waals surface area contributed by atoms with Crippen LogP contribution in [0.3, 0.4) is 0 Å². The number of hydrogen-bond donors (Lipinski definition) is 1. The summed E-state index contributed by atoms with van der Waals surface area (Å²) in [5, 5.41) is 7.17. The molecule has 1 N–H and O–H groups in total. The van der Waals surface area contributed by atoms with Crippen LogP contribution < -0.4 is 5.32 Å². The largest absolute Gasteiger partial charge is 0.444 e. The molecule has 4 heterocycles. The summed E-state index contributed by atoms with van der Waals surface area (Å²) in [6.07, 6.45) is -0.407. The molecule has 0 aliphatic carbocycles. The van der Waals surface area contributed by atoms with Gasteiger partial charge >= 0.3 is 12.2 Å². The van der Waals surface area contributed by atoms with E-state index in [9.17, 15) is 37.5 Å². The second kappa shape index (κ2) is 18.5. The number of likely N-dealkylation sites (tertiary alicyclic amines) is 2. The summed E-state index contributed by atoms with van der Waals surface area (Å²) in [5.41, 5.74) is -0.0627. The summed E-state index contributed by atoms with van der Waals surface area (Å²) < 4.78 is 38.4. The number of carbonyl (C=O) groups is 6. The van der Waals surface area contributed by atoms with E-state index >= 15 is 0 Å². The summed E-state index contributed by atoms with van der Waals surface area (Å²) in [6, 6.07) is 14.9. The molecule has 2 aliphatic heterocycles. The lowest BCUT2D eigenvalue weighted by molar-refractivity contribution is 0.0209. The van der Waals surface area contributed by atoms with E-state index in [1.807, 2.05) is 0 Å². The highest BCUT2D eigenvalue weighted by Crippen LogP contribution is 2.40. The molecule has 7 rings (SSSR count). The standard InChI is InChI=1S/C47H47F2N5O8S2/c1-46(2,3)61-44(59)53-22-26(19-36(53)42-51-34(24-63-42)39(56)28-11-15-31(48)16-12-28)20-38(55)27-7-9-30(10-8-27)41(58)50-33-21-37(54(23-33)45(60)62-47(4,5)6)43-52-35(25-64-43)40(57)29-13-17-32(49)18-14-29/h7-18,24-26,33,36-37H,19-23H2,1-6H3,(H,50,58)/t26-,33+,36+,37+/m1/s1. The first kappa shape index (κ1) is 45.8. The number of nitrogens with zero attached hydrogens (tertiary/aromatic N) is 4. The molecule has 2 aromatic heterocycles. The van der Waals surface area contributed by atoms with E-state index in [1.165, 1.54) is 76.1 Å². The molecular formula is C47H47F2N5O8S2. The van der Waals surface area contributed by atoms with Crippen molar-refractivity contribution in [1.29, 1.82) is 0 Å². The topological polar surface area (TPSA) is 165 Å². The molecule has 334 valence electrons. The SMILES string of the molecule is CC(C)(C)OC(=O)N1C[C@@H](CC(=O)c2ccc(C(=O)N[C@H]3C[C@@H](c4nc(C(=O)c5ccc(F)cc5)cs4)N(C(=O)OC(C)(C)C)C3)cc2)C[C@H]1c1nc(C(=O)c2ccc(F)cc2)cs1. The van der Waals surface area contributed by atoms with E-state index < -0.39 is 64.8 Å². The van der Waals surface area contributed by atoms with Crippen molar-refractivity contribution in [3.63, 3.8) is 0 Å². The van der Waals surface area contributed by atoms with Gasteiger partial charge in [-0.3, -0.25) is 29.0 Å². The molecule has 4 atom stereocenters. The fourth-order valence-corrected chi connectivity index (χ4v) is 9.42. The van der Waals surface area contributed by atoms with Crippen molar-refractivity contribution in [2.24, 2.45) is 5.92 Å². The lowest BCUT2D eigenvalue weighted by atomic mass is 9.95. The minimum atomic E-state index is -0.800. The summed E-state index contributed by atoms with van der Waals surface area (Å²) in [6.45, 7) is 10.8. The van der Waals surface area contributed by atoms with Gasteiger partial charge in [-0.1, -0.05) is 12.1 Å². The molecule has 0 radical (unpaired) electrons. The molecule has 5 aromatic rings. The number of aromatic nitrogens is 2. The van der Waals surface area contributed by atoms with Crippen molar-refractivity contribution in [2.75, 3.05) is 13.1 Å². The predicted octanol–water partition coefficient (Wildman–Crippen LogP) is 9.39. The lowest BCUT2D eigenvalue weighted by Gasteiger charge is -2.27. The highest BCUT2D eigenvalue weighted by atomic mass is 32.1. The Morgan fingerprint density at radius 1 is 0.625 bits per heavy atom. The minimum Gasteiger partial charge on any atom is -0.444 e. The molecular weight excluding hydrogens is 865 g/mol. The van der Waals surface area contributed by atoms with E-state index in [4.69, 9.17) is 9.47 Å². The third kappa shape index (κ3) is 10.9. The van der Waals surface area contributed by atoms with Crippen LogP contribution in [-0.2, 0) is 9.47 Å². The van der Waals surface area contributed by atoms with Crippen LogP contribution in [0.1, 0.15) is 136 Å². The molecule has 0 spiro atoms. The Kier molecular flexibility index (Phi) is 13.2. The number of benzene rings is 3. The Hall–Kier alpha value is -6.20. The van der Waals surface area contributed by atoms with Crippen molar-refractivity contribution in [3.05, 3.63) is 139 Å².